The Hall–Kier alpha value is -1.53. The second-order valence-corrected chi connectivity index (χ2v) is 4.88. The van der Waals surface area contributed by atoms with Gasteiger partial charge in [-0.1, -0.05) is 0 Å². The molecule has 2 rings (SSSR count). The summed E-state index contributed by atoms with van der Waals surface area (Å²) in [5.74, 6) is 0.509. The molecular formula is C13H13BrFN3O. The third-order valence-corrected chi connectivity index (χ3v) is 3.52. The molecule has 4 nitrogen and oxygen atoms in total. The van der Waals surface area contributed by atoms with E-state index in [-0.39, 0.29) is 5.82 Å². The van der Waals surface area contributed by atoms with Crippen molar-refractivity contribution in [3.8, 4) is 11.4 Å². The van der Waals surface area contributed by atoms with Crippen molar-refractivity contribution < 1.29 is 9.13 Å². The quantitative estimate of drug-likeness (QED) is 0.942. The summed E-state index contributed by atoms with van der Waals surface area (Å²) >= 11 is 3.33. The summed E-state index contributed by atoms with van der Waals surface area (Å²) in [5, 5.41) is 0. The minimum Gasteiger partial charge on any atom is -0.383 e. The maximum atomic E-state index is 13.1. The zero-order valence-corrected chi connectivity index (χ0v) is 12.2. The maximum Gasteiger partial charge on any atom is 0.162 e. The molecule has 6 heteroatoms. The van der Waals surface area contributed by atoms with E-state index in [2.05, 4.69) is 25.9 Å². The number of methoxy groups -OCH3 is 1. The Morgan fingerprint density at radius 2 is 2.11 bits per heavy atom. The van der Waals surface area contributed by atoms with Crippen LogP contribution in [0.3, 0.4) is 0 Å². The average molecular weight is 326 g/mol. The summed E-state index contributed by atoms with van der Waals surface area (Å²) in [6.45, 7) is 2.12. The molecule has 2 N–H and O–H groups in total. The monoisotopic (exact) mass is 325 g/mol. The second-order valence-electron chi connectivity index (χ2n) is 4.09. The topological polar surface area (TPSA) is 61.0 Å². The number of aryl methyl sites for hydroxylation is 1. The number of rotatable bonds is 3. The van der Waals surface area contributed by atoms with E-state index in [4.69, 9.17) is 10.5 Å². The number of nitrogens with two attached hydrogens (primary N) is 1. The third kappa shape index (κ3) is 2.90. The molecule has 0 atom stereocenters. The molecule has 0 saturated carbocycles. The molecule has 0 spiro atoms. The standard InChI is InChI=1S/C13H13BrFN3O/c1-7-5-8(15)3-4-9(7)13-17-10(6-19-2)11(14)12(16)18-13/h3-5H,6H2,1-2H3,(H2,16,17,18). The number of hydrogen-bond acceptors (Lipinski definition) is 4. The first kappa shape index (κ1) is 13.9. The Morgan fingerprint density at radius 1 is 1.37 bits per heavy atom. The van der Waals surface area contributed by atoms with Gasteiger partial charge in [-0.05, 0) is 46.6 Å². The van der Waals surface area contributed by atoms with Crippen molar-refractivity contribution in [2.45, 2.75) is 13.5 Å². The van der Waals surface area contributed by atoms with Gasteiger partial charge in [-0.3, -0.25) is 0 Å². The molecule has 1 aromatic heterocycles. The Morgan fingerprint density at radius 3 is 2.74 bits per heavy atom. The van der Waals surface area contributed by atoms with E-state index >= 15 is 0 Å². The molecular weight excluding hydrogens is 313 g/mol. The molecule has 0 fully saturated rings. The molecule has 0 saturated heterocycles. The number of aromatic nitrogens is 2. The predicted molar refractivity (Wildman–Crippen MR) is 75.0 cm³/mol. The van der Waals surface area contributed by atoms with Gasteiger partial charge in [0, 0.05) is 12.7 Å². The lowest BCUT2D eigenvalue weighted by molar-refractivity contribution is 0.181. The van der Waals surface area contributed by atoms with Crippen LogP contribution in [-0.4, -0.2) is 17.1 Å². The van der Waals surface area contributed by atoms with Crippen LogP contribution in [0.15, 0.2) is 22.7 Å². The Bertz CT molecular complexity index is 619. The molecule has 0 aliphatic carbocycles. The Kier molecular flexibility index (Phi) is 4.11. The minimum atomic E-state index is -0.288. The van der Waals surface area contributed by atoms with Gasteiger partial charge < -0.3 is 10.5 Å². The van der Waals surface area contributed by atoms with E-state index in [9.17, 15) is 4.39 Å². The summed E-state index contributed by atoms with van der Waals surface area (Å²) in [4.78, 5) is 8.62. The van der Waals surface area contributed by atoms with E-state index in [1.165, 1.54) is 12.1 Å². The molecule has 1 heterocycles. The SMILES string of the molecule is COCc1nc(-c2ccc(F)cc2C)nc(N)c1Br. The van der Waals surface area contributed by atoms with Crippen molar-refractivity contribution >= 4 is 21.7 Å². The van der Waals surface area contributed by atoms with Gasteiger partial charge in [0.1, 0.15) is 11.6 Å². The molecule has 100 valence electrons. The number of nitrogens with zero attached hydrogens (tertiary/aromatic N) is 2. The molecule has 0 bridgehead atoms. The van der Waals surface area contributed by atoms with E-state index in [0.29, 0.717) is 28.4 Å². The number of benzene rings is 1. The summed E-state index contributed by atoms with van der Waals surface area (Å²) in [7, 11) is 1.58. The lowest BCUT2D eigenvalue weighted by Gasteiger charge is -2.10. The molecule has 1 aromatic carbocycles. The van der Waals surface area contributed by atoms with Crippen LogP contribution in [-0.2, 0) is 11.3 Å². The number of halogens is 2. The van der Waals surface area contributed by atoms with Gasteiger partial charge in [0.25, 0.3) is 0 Å². The number of anilines is 1. The van der Waals surface area contributed by atoms with Crippen LogP contribution in [0.25, 0.3) is 11.4 Å². The van der Waals surface area contributed by atoms with E-state index in [1.807, 2.05) is 0 Å². The molecule has 0 aliphatic heterocycles. The predicted octanol–water partition coefficient (Wildman–Crippen LogP) is 3.08. The van der Waals surface area contributed by atoms with Gasteiger partial charge in [-0.2, -0.15) is 0 Å². The zero-order chi connectivity index (χ0) is 14.0. The Labute approximate surface area is 119 Å². The highest BCUT2D eigenvalue weighted by atomic mass is 79.9. The first-order valence-electron chi connectivity index (χ1n) is 5.60. The molecule has 0 amide bonds. The zero-order valence-electron chi connectivity index (χ0n) is 10.6. The van der Waals surface area contributed by atoms with Crippen molar-refractivity contribution in [1.29, 1.82) is 0 Å². The lowest BCUT2D eigenvalue weighted by Crippen LogP contribution is -2.04. The Balaban J connectivity index is 2.56. The van der Waals surface area contributed by atoms with Crippen molar-refractivity contribution in [2.24, 2.45) is 0 Å². The van der Waals surface area contributed by atoms with Crippen molar-refractivity contribution in [2.75, 3.05) is 12.8 Å². The van der Waals surface area contributed by atoms with Gasteiger partial charge in [0.15, 0.2) is 5.82 Å². The van der Waals surface area contributed by atoms with Crippen LogP contribution in [0.2, 0.25) is 0 Å². The van der Waals surface area contributed by atoms with Crippen LogP contribution in [0.1, 0.15) is 11.3 Å². The fourth-order valence-corrected chi connectivity index (χ4v) is 2.04. The first-order valence-corrected chi connectivity index (χ1v) is 6.39. The highest BCUT2D eigenvalue weighted by Gasteiger charge is 2.13. The van der Waals surface area contributed by atoms with E-state index in [1.54, 1.807) is 20.1 Å². The molecule has 0 radical (unpaired) electrons. The minimum absolute atomic E-state index is 0.288. The van der Waals surface area contributed by atoms with Crippen LogP contribution >= 0.6 is 15.9 Å². The second kappa shape index (κ2) is 5.63. The molecule has 2 aromatic rings. The van der Waals surface area contributed by atoms with Gasteiger partial charge in [-0.15, -0.1) is 0 Å². The smallest absolute Gasteiger partial charge is 0.162 e. The summed E-state index contributed by atoms with van der Waals surface area (Å²) in [6, 6.07) is 4.46. The number of nitrogen functional groups attached to an aromatic ring is 1. The maximum absolute atomic E-state index is 13.1. The normalized spacial score (nSPS) is 10.7. The average Bonchev–Trinajstić information content (AvgIpc) is 2.35. The third-order valence-electron chi connectivity index (χ3n) is 2.66. The van der Waals surface area contributed by atoms with Crippen LogP contribution < -0.4 is 5.73 Å². The number of ether oxygens (including phenoxy) is 1. The van der Waals surface area contributed by atoms with Crippen molar-refractivity contribution in [1.82, 2.24) is 9.97 Å². The van der Waals surface area contributed by atoms with Gasteiger partial charge >= 0.3 is 0 Å². The van der Waals surface area contributed by atoms with Gasteiger partial charge in [0.2, 0.25) is 0 Å². The van der Waals surface area contributed by atoms with Crippen LogP contribution in [0.4, 0.5) is 10.2 Å². The van der Waals surface area contributed by atoms with E-state index < -0.39 is 0 Å². The van der Waals surface area contributed by atoms with Crippen LogP contribution in [0.5, 0.6) is 0 Å². The first-order chi connectivity index (χ1) is 9.02. The van der Waals surface area contributed by atoms with Gasteiger partial charge in [0.05, 0.1) is 16.8 Å². The van der Waals surface area contributed by atoms with Crippen LogP contribution in [0, 0.1) is 12.7 Å². The molecule has 0 unspecified atom stereocenters. The summed E-state index contributed by atoms with van der Waals surface area (Å²) in [6.07, 6.45) is 0. The summed E-state index contributed by atoms with van der Waals surface area (Å²) < 4.78 is 18.8. The lowest BCUT2D eigenvalue weighted by atomic mass is 10.1. The molecule has 19 heavy (non-hydrogen) atoms. The van der Waals surface area contributed by atoms with Crippen molar-refractivity contribution in [3.05, 3.63) is 39.7 Å². The molecule has 0 aliphatic rings. The van der Waals surface area contributed by atoms with Gasteiger partial charge in [-0.25, -0.2) is 14.4 Å². The van der Waals surface area contributed by atoms with Crippen molar-refractivity contribution in [3.63, 3.8) is 0 Å². The van der Waals surface area contributed by atoms with E-state index in [0.717, 1.165) is 11.1 Å². The largest absolute Gasteiger partial charge is 0.383 e. The highest BCUT2D eigenvalue weighted by molar-refractivity contribution is 9.10. The fraction of sp³-hybridized carbons (Fsp3) is 0.231. The highest BCUT2D eigenvalue weighted by Crippen LogP contribution is 2.27. The number of hydrogen-bond donors (Lipinski definition) is 1. The summed E-state index contributed by atoms with van der Waals surface area (Å²) in [5.41, 5.74) is 8.01. The fourth-order valence-electron chi connectivity index (χ4n) is 1.74.